The average Bonchev–Trinajstić information content (AvgIpc) is 3.64. The van der Waals surface area contributed by atoms with Gasteiger partial charge < -0.3 is 23.5 Å². The molecular formula is C35H38N4O7S. The van der Waals surface area contributed by atoms with Crippen LogP contribution in [-0.4, -0.2) is 61.9 Å². The predicted octanol–water partition coefficient (Wildman–Crippen LogP) is 5.33. The summed E-state index contributed by atoms with van der Waals surface area (Å²) in [4.78, 5) is 50.1. The molecular weight excluding hydrogens is 620 g/mol. The van der Waals surface area contributed by atoms with Crippen LogP contribution in [0, 0.1) is 20.9 Å². The fourth-order valence-electron chi connectivity index (χ4n) is 5.99. The third kappa shape index (κ3) is 6.19. The van der Waals surface area contributed by atoms with Crippen molar-refractivity contribution in [2.45, 2.75) is 64.6 Å². The highest BCUT2D eigenvalue weighted by molar-refractivity contribution is 7.71. The van der Waals surface area contributed by atoms with E-state index in [1.165, 1.54) is 6.33 Å². The molecule has 1 aliphatic heterocycles. The van der Waals surface area contributed by atoms with Crippen LogP contribution in [0.1, 0.15) is 46.3 Å². The fraction of sp³-hybridized carbons (Fsp3) is 0.429. The van der Waals surface area contributed by atoms with E-state index in [0.29, 0.717) is 35.1 Å². The number of rotatable bonds is 8. The van der Waals surface area contributed by atoms with Gasteiger partial charge in [-0.05, 0) is 40.0 Å². The molecule has 7 atom stereocenters. The lowest BCUT2D eigenvalue weighted by Gasteiger charge is -2.32. The molecule has 0 bridgehead atoms. The van der Waals surface area contributed by atoms with Crippen molar-refractivity contribution in [2.24, 2.45) is 23.3 Å². The number of carbonyl (C=O) groups is 3. The number of nitrogens with zero attached hydrogens (tertiary/aromatic N) is 4. The molecule has 0 aromatic carbocycles. The largest absolute Gasteiger partial charge is 0.462 e. The molecule has 0 radical (unpaired) electrons. The highest BCUT2D eigenvalue weighted by Gasteiger charge is 2.54. The number of esters is 3. The zero-order valence-electron chi connectivity index (χ0n) is 26.8. The Morgan fingerprint density at radius 3 is 1.87 bits per heavy atom. The molecule has 0 N–H and O–H groups in total. The van der Waals surface area contributed by atoms with Gasteiger partial charge in [0.25, 0.3) is 0 Å². The number of imidazole rings is 1. The first-order valence-corrected chi connectivity index (χ1v) is 16.0. The smallest absolute Gasteiger partial charge is 0.316 e. The van der Waals surface area contributed by atoms with Crippen molar-refractivity contribution in [1.82, 2.24) is 19.1 Å². The fourth-order valence-corrected chi connectivity index (χ4v) is 6.18. The van der Waals surface area contributed by atoms with Gasteiger partial charge >= 0.3 is 17.9 Å². The van der Waals surface area contributed by atoms with E-state index in [1.54, 1.807) is 79.7 Å². The van der Waals surface area contributed by atoms with Crippen LogP contribution in [-0.2, 0) is 40.4 Å². The molecule has 246 valence electrons. The van der Waals surface area contributed by atoms with Crippen molar-refractivity contribution in [3.63, 3.8) is 0 Å². The first-order chi connectivity index (χ1) is 22.4. The number of aromatic nitrogens is 4. The van der Waals surface area contributed by atoms with Crippen LogP contribution >= 0.6 is 12.2 Å². The first-order valence-electron chi connectivity index (χ1n) is 15.6. The van der Waals surface area contributed by atoms with Crippen LogP contribution in [0.25, 0.3) is 11.2 Å². The molecule has 1 saturated heterocycles. The Hall–Kier alpha value is -4.42. The van der Waals surface area contributed by atoms with Gasteiger partial charge in [-0.25, -0.2) is 9.97 Å². The van der Waals surface area contributed by atoms with Gasteiger partial charge in [0, 0.05) is 7.05 Å². The van der Waals surface area contributed by atoms with E-state index in [-0.39, 0.29) is 6.61 Å². The molecule has 1 fully saturated rings. The molecule has 3 unspecified atom stereocenters. The SMILES string of the molecule is Cn1cnc2c(ncn2[C@@H]2O[C@H](COC(=O)C3(C)C=CC=CC3)[C@@H](OC(=O)C3(C)C=CC=CC3)[C@H]2OC(=O)C2(C)C=CC=CC2)c1=S. The Kier molecular flexibility index (Phi) is 8.75. The highest BCUT2D eigenvalue weighted by atomic mass is 32.1. The van der Waals surface area contributed by atoms with Gasteiger partial charge in [0.1, 0.15) is 22.9 Å². The van der Waals surface area contributed by atoms with Crippen molar-refractivity contribution >= 4 is 41.3 Å². The Morgan fingerprint density at radius 2 is 1.34 bits per heavy atom. The number of hydrogen-bond acceptors (Lipinski definition) is 10. The molecule has 2 aromatic heterocycles. The maximum Gasteiger partial charge on any atom is 0.316 e. The molecule has 47 heavy (non-hydrogen) atoms. The van der Waals surface area contributed by atoms with Crippen LogP contribution in [0.4, 0.5) is 0 Å². The molecule has 2 aromatic rings. The van der Waals surface area contributed by atoms with Crippen molar-refractivity contribution in [1.29, 1.82) is 0 Å². The number of fused-ring (bicyclic) bond motifs is 1. The maximum absolute atomic E-state index is 13.9. The summed E-state index contributed by atoms with van der Waals surface area (Å²) in [5, 5.41) is 0. The zero-order chi connectivity index (χ0) is 33.4. The minimum Gasteiger partial charge on any atom is -0.462 e. The molecule has 3 aliphatic carbocycles. The van der Waals surface area contributed by atoms with Crippen LogP contribution < -0.4 is 0 Å². The predicted molar refractivity (Wildman–Crippen MR) is 175 cm³/mol. The Labute approximate surface area is 277 Å². The van der Waals surface area contributed by atoms with Gasteiger partial charge in [0.15, 0.2) is 24.1 Å². The monoisotopic (exact) mass is 658 g/mol. The third-order valence-electron chi connectivity index (χ3n) is 9.23. The average molecular weight is 659 g/mol. The Bertz CT molecular complexity index is 1840. The lowest BCUT2D eigenvalue weighted by molar-refractivity contribution is -0.178. The second kappa shape index (κ2) is 12.6. The van der Waals surface area contributed by atoms with Crippen molar-refractivity contribution in [2.75, 3.05) is 6.61 Å². The summed E-state index contributed by atoms with van der Waals surface area (Å²) < 4.78 is 28.6. The van der Waals surface area contributed by atoms with E-state index in [4.69, 9.17) is 31.2 Å². The second-order valence-corrected chi connectivity index (χ2v) is 13.5. The minimum absolute atomic E-state index is 0.262. The van der Waals surface area contributed by atoms with Crippen LogP contribution in [0.5, 0.6) is 0 Å². The molecule has 6 rings (SSSR count). The van der Waals surface area contributed by atoms with E-state index in [2.05, 4.69) is 9.97 Å². The maximum atomic E-state index is 13.9. The van der Waals surface area contributed by atoms with Gasteiger partial charge in [0.05, 0.1) is 28.9 Å². The molecule has 0 saturated carbocycles. The standard InChI is InChI=1S/C35H38N4O7S/c1-33(14-8-5-9-15-33)30(40)43-20-23-25(45-31(41)34(2)16-10-6-11-17-34)26(46-32(42)35(3)18-12-7-13-19-35)28(44-23)39-22-36-24-27(39)37-21-38(4)29(24)47/h5-14,16,18,21-23,25-26,28H,15,17,19-20H2,1-4H3/t23-,25-,26-,28-,33?,34?,35?/m1/s1. The molecule has 0 spiro atoms. The minimum atomic E-state index is -1.16. The molecule has 4 aliphatic rings. The summed E-state index contributed by atoms with van der Waals surface area (Å²) in [7, 11) is 1.77. The number of hydrogen-bond donors (Lipinski definition) is 0. The second-order valence-electron chi connectivity index (χ2n) is 13.1. The molecule has 0 amide bonds. The third-order valence-corrected chi connectivity index (χ3v) is 9.71. The lowest BCUT2D eigenvalue weighted by Crippen LogP contribution is -2.45. The van der Waals surface area contributed by atoms with Crippen molar-refractivity contribution < 1.29 is 33.3 Å². The molecule has 12 heteroatoms. The zero-order valence-corrected chi connectivity index (χ0v) is 27.6. The number of aryl methyl sites for hydroxylation is 1. The summed E-state index contributed by atoms with van der Waals surface area (Å²) in [5.41, 5.74) is -1.95. The van der Waals surface area contributed by atoms with Gasteiger partial charge in [-0.1, -0.05) is 85.1 Å². The lowest BCUT2D eigenvalue weighted by atomic mass is 9.83. The van der Waals surface area contributed by atoms with Gasteiger partial charge in [-0.15, -0.1) is 0 Å². The van der Waals surface area contributed by atoms with E-state index < -0.39 is 58.7 Å². The Morgan fingerprint density at radius 1 is 0.809 bits per heavy atom. The first kappa shape index (κ1) is 32.5. The normalized spacial score (nSPS) is 32.5. The van der Waals surface area contributed by atoms with Crippen molar-refractivity contribution in [3.05, 3.63) is 90.2 Å². The van der Waals surface area contributed by atoms with Crippen LogP contribution in [0.3, 0.4) is 0 Å². The number of carbonyl (C=O) groups excluding carboxylic acids is 3. The highest BCUT2D eigenvalue weighted by Crippen LogP contribution is 2.40. The molecule has 11 nitrogen and oxygen atoms in total. The van der Waals surface area contributed by atoms with E-state index in [9.17, 15) is 14.4 Å². The number of ether oxygens (including phenoxy) is 4. The van der Waals surface area contributed by atoms with Crippen LogP contribution in [0.15, 0.2) is 85.6 Å². The van der Waals surface area contributed by atoms with E-state index >= 15 is 0 Å². The summed E-state index contributed by atoms with van der Waals surface area (Å²) in [5.74, 6) is -1.51. The summed E-state index contributed by atoms with van der Waals surface area (Å²) in [6.07, 6.45) is 22.1. The van der Waals surface area contributed by atoms with Gasteiger partial charge in [0.2, 0.25) is 0 Å². The summed E-state index contributed by atoms with van der Waals surface area (Å²) in [6.45, 7) is 5.09. The Balaban J connectivity index is 1.38. The molecule has 3 heterocycles. The van der Waals surface area contributed by atoms with E-state index in [1.807, 2.05) is 36.5 Å². The van der Waals surface area contributed by atoms with Gasteiger partial charge in [-0.2, -0.15) is 0 Å². The van der Waals surface area contributed by atoms with Gasteiger partial charge in [-0.3, -0.25) is 19.0 Å². The number of allylic oxidation sites excluding steroid dienone is 9. The summed E-state index contributed by atoms with van der Waals surface area (Å²) in [6, 6.07) is 0. The van der Waals surface area contributed by atoms with E-state index in [0.717, 1.165) is 0 Å². The van der Waals surface area contributed by atoms with Crippen LogP contribution in [0.2, 0.25) is 0 Å². The quantitative estimate of drug-likeness (QED) is 0.209. The summed E-state index contributed by atoms with van der Waals surface area (Å²) >= 11 is 5.57. The topological polar surface area (TPSA) is 124 Å². The van der Waals surface area contributed by atoms with Crippen molar-refractivity contribution in [3.8, 4) is 0 Å².